The van der Waals surface area contributed by atoms with Gasteiger partial charge in [0.15, 0.2) is 0 Å². The standard InChI is InChI=1S/C23H23N3O8S/c1-3-33-22(28)19(23(29)34-4-2)14-18-20(24-15-8-6-5-7-9-15)25-26(21(18)27)16-10-12-17(13-11-16)35(30,31)32/h5-14,24-25H,3-4H2,1-2H3,(H,30,31,32). The zero-order chi connectivity index (χ0) is 25.6. The van der Waals surface area contributed by atoms with Crippen molar-refractivity contribution in [2.24, 2.45) is 0 Å². The van der Waals surface area contributed by atoms with Crippen molar-refractivity contribution in [2.45, 2.75) is 18.7 Å². The Bertz CT molecular complexity index is 1390. The number of esters is 2. The van der Waals surface area contributed by atoms with Gasteiger partial charge >= 0.3 is 11.9 Å². The lowest BCUT2D eigenvalue weighted by Crippen LogP contribution is -2.20. The Morgan fingerprint density at radius 2 is 1.57 bits per heavy atom. The van der Waals surface area contributed by atoms with E-state index in [9.17, 15) is 27.4 Å². The number of H-pyrrole nitrogens is 1. The van der Waals surface area contributed by atoms with Crippen molar-refractivity contribution in [3.05, 3.63) is 76.1 Å². The number of para-hydroxylation sites is 1. The summed E-state index contributed by atoms with van der Waals surface area (Å²) >= 11 is 0. The monoisotopic (exact) mass is 501 g/mol. The van der Waals surface area contributed by atoms with Gasteiger partial charge in [0.25, 0.3) is 15.7 Å². The van der Waals surface area contributed by atoms with Crippen molar-refractivity contribution in [3.63, 3.8) is 0 Å². The first-order valence-corrected chi connectivity index (χ1v) is 11.9. The number of carbonyl (C=O) groups excluding carboxylic acids is 2. The van der Waals surface area contributed by atoms with E-state index in [-0.39, 0.29) is 35.2 Å². The molecule has 0 saturated heterocycles. The van der Waals surface area contributed by atoms with Gasteiger partial charge in [-0.05, 0) is 56.3 Å². The molecule has 0 unspecified atom stereocenters. The van der Waals surface area contributed by atoms with Crippen molar-refractivity contribution in [3.8, 4) is 5.69 Å². The van der Waals surface area contributed by atoms with Gasteiger partial charge < -0.3 is 14.8 Å². The van der Waals surface area contributed by atoms with Crippen LogP contribution in [0.1, 0.15) is 19.4 Å². The number of hydrogen-bond acceptors (Lipinski definition) is 8. The van der Waals surface area contributed by atoms with Crippen LogP contribution in [0.2, 0.25) is 0 Å². The average molecular weight is 502 g/mol. The second kappa shape index (κ2) is 10.8. The van der Waals surface area contributed by atoms with Crippen LogP contribution in [-0.4, -0.2) is 47.9 Å². The number of nitrogens with zero attached hydrogens (tertiary/aromatic N) is 1. The molecule has 0 aliphatic heterocycles. The molecule has 0 aliphatic rings. The van der Waals surface area contributed by atoms with Crippen LogP contribution in [-0.2, 0) is 29.2 Å². The molecule has 0 saturated carbocycles. The molecule has 12 heteroatoms. The van der Waals surface area contributed by atoms with Gasteiger partial charge in [0.2, 0.25) is 0 Å². The minimum Gasteiger partial charge on any atom is -0.462 e. The Labute approximate surface area is 200 Å². The summed E-state index contributed by atoms with van der Waals surface area (Å²) in [4.78, 5) is 37.9. The van der Waals surface area contributed by atoms with E-state index in [4.69, 9.17) is 9.47 Å². The summed E-state index contributed by atoms with van der Waals surface area (Å²) in [6.45, 7) is 3.15. The number of hydrogen-bond donors (Lipinski definition) is 3. The second-order valence-corrected chi connectivity index (χ2v) is 8.42. The maximum Gasteiger partial charge on any atom is 0.345 e. The lowest BCUT2D eigenvalue weighted by molar-refractivity contribution is -0.146. The van der Waals surface area contributed by atoms with Crippen molar-refractivity contribution in [1.82, 2.24) is 9.78 Å². The van der Waals surface area contributed by atoms with Crippen LogP contribution in [0.15, 0.2) is 69.9 Å². The van der Waals surface area contributed by atoms with Gasteiger partial charge in [0.05, 0.1) is 29.4 Å². The highest BCUT2D eigenvalue weighted by Crippen LogP contribution is 2.22. The number of anilines is 2. The van der Waals surface area contributed by atoms with Crippen LogP contribution < -0.4 is 10.9 Å². The van der Waals surface area contributed by atoms with E-state index in [1.165, 1.54) is 12.1 Å². The molecule has 11 nitrogen and oxygen atoms in total. The molecule has 0 fully saturated rings. The van der Waals surface area contributed by atoms with Crippen molar-refractivity contribution in [2.75, 3.05) is 18.5 Å². The number of ether oxygens (including phenoxy) is 2. The third-order valence-corrected chi connectivity index (χ3v) is 5.51. The largest absolute Gasteiger partial charge is 0.462 e. The fourth-order valence-electron chi connectivity index (χ4n) is 3.06. The Morgan fingerprint density at radius 1 is 1.00 bits per heavy atom. The number of rotatable bonds is 9. The number of nitrogens with one attached hydrogen (secondary N) is 2. The summed E-state index contributed by atoms with van der Waals surface area (Å²) in [5.41, 5.74) is -0.384. The molecule has 3 N–H and O–H groups in total. The highest BCUT2D eigenvalue weighted by atomic mass is 32.2. The Morgan fingerprint density at radius 3 is 2.09 bits per heavy atom. The van der Waals surface area contributed by atoms with Crippen LogP contribution in [0, 0.1) is 0 Å². The summed E-state index contributed by atoms with van der Waals surface area (Å²) in [6.07, 6.45) is 1.07. The Kier molecular flexibility index (Phi) is 7.89. The van der Waals surface area contributed by atoms with Crippen LogP contribution in [0.25, 0.3) is 11.8 Å². The molecule has 2 aromatic carbocycles. The molecule has 0 aliphatic carbocycles. The van der Waals surface area contributed by atoms with Crippen LogP contribution in [0.3, 0.4) is 0 Å². The fourth-order valence-corrected chi connectivity index (χ4v) is 3.54. The van der Waals surface area contributed by atoms with Gasteiger partial charge in [0, 0.05) is 5.69 Å². The summed E-state index contributed by atoms with van der Waals surface area (Å²) in [6, 6.07) is 13.7. The molecule has 0 radical (unpaired) electrons. The first-order valence-electron chi connectivity index (χ1n) is 10.5. The molecule has 35 heavy (non-hydrogen) atoms. The van der Waals surface area contributed by atoms with Crippen LogP contribution >= 0.6 is 0 Å². The van der Waals surface area contributed by atoms with Crippen molar-refractivity contribution in [1.29, 1.82) is 0 Å². The van der Waals surface area contributed by atoms with Gasteiger partial charge in [-0.3, -0.25) is 14.4 Å². The van der Waals surface area contributed by atoms with E-state index in [0.717, 1.165) is 22.9 Å². The minimum absolute atomic E-state index is 0.00217. The zero-order valence-corrected chi connectivity index (χ0v) is 19.7. The first kappa shape index (κ1) is 25.5. The molecule has 0 amide bonds. The maximum atomic E-state index is 13.3. The predicted molar refractivity (Wildman–Crippen MR) is 127 cm³/mol. The van der Waals surface area contributed by atoms with E-state index < -0.39 is 33.2 Å². The van der Waals surface area contributed by atoms with Crippen molar-refractivity contribution >= 4 is 39.6 Å². The second-order valence-electron chi connectivity index (χ2n) is 7.00. The normalized spacial score (nSPS) is 10.9. The lowest BCUT2D eigenvalue weighted by atomic mass is 10.1. The molecular weight excluding hydrogens is 478 g/mol. The van der Waals surface area contributed by atoms with E-state index in [2.05, 4.69) is 10.4 Å². The first-order chi connectivity index (χ1) is 16.7. The van der Waals surface area contributed by atoms with Crippen LogP contribution in [0.4, 0.5) is 11.5 Å². The average Bonchev–Trinajstić information content (AvgIpc) is 3.12. The molecule has 3 aromatic rings. The number of carbonyl (C=O) groups is 2. The molecule has 3 rings (SSSR count). The fraction of sp³-hybridized carbons (Fsp3) is 0.174. The van der Waals surface area contributed by atoms with Gasteiger partial charge in [-0.25, -0.2) is 14.3 Å². The quantitative estimate of drug-likeness (QED) is 0.132. The number of benzene rings is 2. The summed E-state index contributed by atoms with van der Waals surface area (Å²) in [7, 11) is -4.42. The SMILES string of the molecule is CCOC(=O)C(=Cc1c(Nc2ccccc2)[nH]n(-c2ccc(S(=O)(=O)O)cc2)c1=O)C(=O)OCC. The number of aromatic nitrogens is 2. The molecular formula is C23H23N3O8S. The Balaban J connectivity index is 2.18. The lowest BCUT2D eigenvalue weighted by Gasteiger charge is -2.07. The zero-order valence-electron chi connectivity index (χ0n) is 18.8. The third-order valence-electron chi connectivity index (χ3n) is 4.64. The molecule has 0 spiro atoms. The smallest absolute Gasteiger partial charge is 0.345 e. The molecule has 1 aromatic heterocycles. The van der Waals surface area contributed by atoms with Gasteiger partial charge in [-0.2, -0.15) is 8.42 Å². The maximum absolute atomic E-state index is 13.3. The summed E-state index contributed by atoms with van der Waals surface area (Å²) < 4.78 is 42.9. The van der Waals surface area contributed by atoms with Gasteiger partial charge in [0.1, 0.15) is 11.4 Å². The van der Waals surface area contributed by atoms with Crippen molar-refractivity contribution < 1.29 is 32.0 Å². The third kappa shape index (κ3) is 6.05. The van der Waals surface area contributed by atoms with E-state index in [1.54, 1.807) is 44.2 Å². The van der Waals surface area contributed by atoms with Gasteiger partial charge in [-0.15, -0.1) is 0 Å². The summed E-state index contributed by atoms with van der Waals surface area (Å²) in [5.74, 6) is -1.77. The summed E-state index contributed by atoms with van der Waals surface area (Å²) in [5, 5.41) is 5.88. The number of aromatic amines is 1. The van der Waals surface area contributed by atoms with E-state index in [1.807, 2.05) is 0 Å². The molecule has 0 bridgehead atoms. The van der Waals surface area contributed by atoms with E-state index in [0.29, 0.717) is 5.69 Å². The van der Waals surface area contributed by atoms with E-state index >= 15 is 0 Å². The molecule has 1 heterocycles. The predicted octanol–water partition coefficient (Wildman–Crippen LogP) is 2.67. The highest BCUT2D eigenvalue weighted by Gasteiger charge is 2.24. The molecule has 184 valence electrons. The Hall–Kier alpha value is -4.16. The van der Waals surface area contributed by atoms with Gasteiger partial charge in [-0.1, -0.05) is 18.2 Å². The topological polar surface area (TPSA) is 157 Å². The molecule has 0 atom stereocenters. The van der Waals surface area contributed by atoms with Crippen LogP contribution in [0.5, 0.6) is 0 Å². The highest BCUT2D eigenvalue weighted by molar-refractivity contribution is 7.85. The minimum atomic E-state index is -4.42.